The molecule has 1 heterocycles. The van der Waals surface area contributed by atoms with Gasteiger partial charge in [-0.1, -0.05) is 13.8 Å². The molecule has 0 amide bonds. The minimum atomic E-state index is -0.481. The first kappa shape index (κ1) is 13.0. The Balaban J connectivity index is 2.68. The number of imidazole rings is 1. The van der Waals surface area contributed by atoms with Crippen molar-refractivity contribution < 1.29 is 4.39 Å². The highest BCUT2D eigenvalue weighted by Gasteiger charge is 2.26. The number of benzene rings is 1. The SMILES string of the molecule is CCCn1c(C(C)(N)CC)nc2cc(F)ccc21. The standard InChI is InChI=1S/C14H20FN3/c1-4-8-18-12-7-6-10(15)9-11(12)17-13(18)14(3,16)5-2/h6-7,9H,4-5,8,16H2,1-3H3. The third kappa shape index (κ3) is 2.12. The highest BCUT2D eigenvalue weighted by Crippen LogP contribution is 2.26. The van der Waals surface area contributed by atoms with Crippen LogP contribution in [-0.4, -0.2) is 9.55 Å². The largest absolute Gasteiger partial charge is 0.326 e. The summed E-state index contributed by atoms with van der Waals surface area (Å²) >= 11 is 0. The van der Waals surface area contributed by atoms with E-state index < -0.39 is 5.54 Å². The van der Waals surface area contributed by atoms with E-state index >= 15 is 0 Å². The van der Waals surface area contributed by atoms with Crippen molar-refractivity contribution in [1.82, 2.24) is 9.55 Å². The van der Waals surface area contributed by atoms with Crippen LogP contribution in [0.15, 0.2) is 18.2 Å². The van der Waals surface area contributed by atoms with E-state index in [9.17, 15) is 4.39 Å². The second-order valence-electron chi connectivity index (χ2n) is 4.99. The van der Waals surface area contributed by atoms with Crippen LogP contribution < -0.4 is 5.73 Å². The van der Waals surface area contributed by atoms with Gasteiger partial charge >= 0.3 is 0 Å². The van der Waals surface area contributed by atoms with Crippen molar-refractivity contribution >= 4 is 11.0 Å². The van der Waals surface area contributed by atoms with Gasteiger partial charge in [-0.25, -0.2) is 9.37 Å². The fourth-order valence-corrected chi connectivity index (χ4v) is 2.15. The van der Waals surface area contributed by atoms with Crippen molar-refractivity contribution in [3.63, 3.8) is 0 Å². The van der Waals surface area contributed by atoms with Crippen LogP contribution in [0.25, 0.3) is 11.0 Å². The number of halogens is 1. The highest BCUT2D eigenvalue weighted by molar-refractivity contribution is 5.76. The number of nitrogens with zero attached hydrogens (tertiary/aromatic N) is 2. The summed E-state index contributed by atoms with van der Waals surface area (Å²) in [6.45, 7) is 6.97. The van der Waals surface area contributed by atoms with Crippen LogP contribution in [0.2, 0.25) is 0 Å². The summed E-state index contributed by atoms with van der Waals surface area (Å²) in [6, 6.07) is 4.72. The summed E-state index contributed by atoms with van der Waals surface area (Å²) in [6.07, 6.45) is 1.79. The first-order valence-electron chi connectivity index (χ1n) is 6.44. The average Bonchev–Trinajstić information content (AvgIpc) is 2.68. The van der Waals surface area contributed by atoms with Gasteiger partial charge in [-0.15, -0.1) is 0 Å². The number of hydrogen-bond donors (Lipinski definition) is 1. The summed E-state index contributed by atoms with van der Waals surface area (Å²) in [7, 11) is 0. The molecule has 1 unspecified atom stereocenters. The monoisotopic (exact) mass is 249 g/mol. The third-order valence-electron chi connectivity index (χ3n) is 3.40. The zero-order valence-corrected chi connectivity index (χ0v) is 11.2. The Hall–Kier alpha value is -1.42. The predicted octanol–water partition coefficient (Wildman–Crippen LogP) is 3.17. The fourth-order valence-electron chi connectivity index (χ4n) is 2.15. The number of nitrogens with two attached hydrogens (primary N) is 1. The van der Waals surface area contributed by atoms with E-state index in [-0.39, 0.29) is 5.82 Å². The molecular formula is C14H20FN3. The van der Waals surface area contributed by atoms with E-state index in [0.717, 1.165) is 30.7 Å². The minimum Gasteiger partial charge on any atom is -0.326 e. The lowest BCUT2D eigenvalue weighted by Crippen LogP contribution is -2.35. The second-order valence-corrected chi connectivity index (χ2v) is 4.99. The first-order chi connectivity index (χ1) is 8.49. The minimum absolute atomic E-state index is 0.259. The lowest BCUT2D eigenvalue weighted by molar-refractivity contribution is 0.422. The maximum Gasteiger partial charge on any atom is 0.129 e. The Morgan fingerprint density at radius 2 is 2.11 bits per heavy atom. The Morgan fingerprint density at radius 1 is 1.39 bits per heavy atom. The molecule has 0 aliphatic carbocycles. The molecule has 4 heteroatoms. The molecule has 2 N–H and O–H groups in total. The van der Waals surface area contributed by atoms with E-state index in [1.165, 1.54) is 12.1 Å². The summed E-state index contributed by atoms with van der Waals surface area (Å²) in [4.78, 5) is 4.53. The molecule has 0 saturated heterocycles. The molecule has 0 radical (unpaired) electrons. The van der Waals surface area contributed by atoms with Gasteiger partial charge in [0.05, 0.1) is 16.6 Å². The summed E-state index contributed by atoms with van der Waals surface area (Å²) in [5.74, 6) is 0.581. The quantitative estimate of drug-likeness (QED) is 0.904. The van der Waals surface area contributed by atoms with Crippen molar-refractivity contribution in [2.24, 2.45) is 5.73 Å². The van der Waals surface area contributed by atoms with Gasteiger partial charge < -0.3 is 10.3 Å². The zero-order chi connectivity index (χ0) is 13.3. The predicted molar refractivity (Wildman–Crippen MR) is 71.8 cm³/mol. The molecule has 0 bridgehead atoms. The van der Waals surface area contributed by atoms with Gasteiger partial charge in [-0.3, -0.25) is 0 Å². The van der Waals surface area contributed by atoms with Crippen LogP contribution in [0.3, 0.4) is 0 Å². The lowest BCUT2D eigenvalue weighted by atomic mass is 9.99. The number of hydrogen-bond acceptors (Lipinski definition) is 2. The van der Waals surface area contributed by atoms with E-state index in [0.29, 0.717) is 5.52 Å². The number of aryl methyl sites for hydroxylation is 1. The Labute approximate surface area is 107 Å². The van der Waals surface area contributed by atoms with Gasteiger partial charge in [0.1, 0.15) is 11.6 Å². The van der Waals surface area contributed by atoms with E-state index in [1.807, 2.05) is 13.8 Å². The van der Waals surface area contributed by atoms with Crippen molar-refractivity contribution in [3.8, 4) is 0 Å². The zero-order valence-electron chi connectivity index (χ0n) is 11.2. The van der Waals surface area contributed by atoms with E-state index in [2.05, 4.69) is 16.5 Å². The molecule has 98 valence electrons. The molecular weight excluding hydrogens is 229 g/mol. The van der Waals surface area contributed by atoms with Crippen molar-refractivity contribution in [3.05, 3.63) is 29.8 Å². The maximum atomic E-state index is 13.3. The molecule has 0 saturated carbocycles. The Kier molecular flexibility index (Phi) is 3.39. The third-order valence-corrected chi connectivity index (χ3v) is 3.40. The second kappa shape index (κ2) is 4.69. The maximum absolute atomic E-state index is 13.3. The average molecular weight is 249 g/mol. The molecule has 3 nitrogen and oxygen atoms in total. The van der Waals surface area contributed by atoms with Gasteiger partial charge in [0.15, 0.2) is 0 Å². The normalized spacial score (nSPS) is 14.9. The van der Waals surface area contributed by atoms with Gasteiger partial charge in [0, 0.05) is 12.6 Å². The Bertz CT molecular complexity index is 557. The van der Waals surface area contributed by atoms with E-state index in [1.54, 1.807) is 6.07 Å². The molecule has 2 rings (SSSR count). The van der Waals surface area contributed by atoms with Gasteiger partial charge in [0.2, 0.25) is 0 Å². The van der Waals surface area contributed by atoms with Gasteiger partial charge in [-0.05, 0) is 31.9 Å². The van der Waals surface area contributed by atoms with Crippen LogP contribution in [0.1, 0.15) is 39.4 Å². The molecule has 1 atom stereocenters. The summed E-state index contributed by atoms with van der Waals surface area (Å²) < 4.78 is 15.4. The molecule has 0 spiro atoms. The molecule has 2 aromatic rings. The van der Waals surface area contributed by atoms with Crippen LogP contribution in [0, 0.1) is 5.82 Å². The van der Waals surface area contributed by atoms with Crippen LogP contribution >= 0.6 is 0 Å². The summed E-state index contributed by atoms with van der Waals surface area (Å²) in [5, 5.41) is 0. The topological polar surface area (TPSA) is 43.8 Å². The molecule has 0 aliphatic rings. The van der Waals surface area contributed by atoms with Crippen LogP contribution in [0.4, 0.5) is 4.39 Å². The van der Waals surface area contributed by atoms with E-state index in [4.69, 9.17) is 5.73 Å². The lowest BCUT2D eigenvalue weighted by Gasteiger charge is -2.23. The fraction of sp³-hybridized carbons (Fsp3) is 0.500. The van der Waals surface area contributed by atoms with Crippen molar-refractivity contribution in [1.29, 1.82) is 0 Å². The van der Waals surface area contributed by atoms with Crippen molar-refractivity contribution in [2.75, 3.05) is 0 Å². The van der Waals surface area contributed by atoms with Crippen LogP contribution in [0.5, 0.6) is 0 Å². The van der Waals surface area contributed by atoms with Gasteiger partial charge in [-0.2, -0.15) is 0 Å². The highest BCUT2D eigenvalue weighted by atomic mass is 19.1. The molecule has 1 aromatic heterocycles. The molecule has 1 aromatic carbocycles. The van der Waals surface area contributed by atoms with Crippen LogP contribution in [-0.2, 0) is 12.1 Å². The van der Waals surface area contributed by atoms with Crippen molar-refractivity contribution in [2.45, 2.75) is 45.7 Å². The number of rotatable bonds is 4. The number of fused-ring (bicyclic) bond motifs is 1. The summed E-state index contributed by atoms with van der Waals surface area (Å²) in [5.41, 5.74) is 7.45. The molecule has 0 aliphatic heterocycles. The smallest absolute Gasteiger partial charge is 0.129 e. The number of aromatic nitrogens is 2. The van der Waals surface area contributed by atoms with Gasteiger partial charge in [0.25, 0.3) is 0 Å². The Morgan fingerprint density at radius 3 is 2.72 bits per heavy atom. The first-order valence-corrected chi connectivity index (χ1v) is 6.44. The molecule has 0 fully saturated rings. The molecule has 18 heavy (non-hydrogen) atoms.